The van der Waals surface area contributed by atoms with Crippen LogP contribution in [0.15, 0.2) is 72.8 Å². The maximum atomic E-state index is 10.7. The van der Waals surface area contributed by atoms with E-state index in [1.807, 2.05) is 48.5 Å². The summed E-state index contributed by atoms with van der Waals surface area (Å²) in [5, 5.41) is 17.8. The van der Waals surface area contributed by atoms with Crippen LogP contribution in [0.3, 0.4) is 0 Å². The Morgan fingerprint density at radius 2 is 1.69 bits per heavy atom. The summed E-state index contributed by atoms with van der Waals surface area (Å²) in [7, 11) is 0. The summed E-state index contributed by atoms with van der Waals surface area (Å²) in [6.07, 6.45) is 0. The van der Waals surface area contributed by atoms with Crippen molar-refractivity contribution in [3.05, 3.63) is 99.1 Å². The topological polar surface area (TPSA) is 76.4 Å². The number of rotatable bonds is 10. The molecule has 0 spiro atoms. The van der Waals surface area contributed by atoms with E-state index >= 15 is 0 Å². The number of non-ortho nitro benzene ring substituents is 1. The van der Waals surface area contributed by atoms with Crippen LogP contribution in [-0.2, 0) is 13.2 Å². The number of nitrogens with zero attached hydrogens (tertiary/aromatic N) is 1. The van der Waals surface area contributed by atoms with E-state index in [4.69, 9.17) is 16.3 Å². The van der Waals surface area contributed by atoms with Crippen molar-refractivity contribution in [1.29, 1.82) is 0 Å². The van der Waals surface area contributed by atoms with Gasteiger partial charge in [-0.15, -0.1) is 0 Å². The summed E-state index contributed by atoms with van der Waals surface area (Å²) in [5.41, 5.74) is 3.09. The first-order chi connectivity index (χ1) is 14.1. The Hall–Kier alpha value is -3.09. The Balaban J connectivity index is 1.39. The van der Waals surface area contributed by atoms with Crippen molar-refractivity contribution in [2.24, 2.45) is 0 Å². The highest BCUT2D eigenvalue weighted by atomic mass is 35.5. The molecule has 2 N–H and O–H groups in total. The third kappa shape index (κ3) is 6.48. The number of hydrogen-bond donors (Lipinski definition) is 2. The van der Waals surface area contributed by atoms with Crippen LogP contribution in [-0.4, -0.2) is 18.0 Å². The Kier molecular flexibility index (Phi) is 7.44. The molecule has 3 aromatic carbocycles. The van der Waals surface area contributed by atoms with Crippen molar-refractivity contribution in [2.45, 2.75) is 13.2 Å². The lowest BCUT2D eigenvalue weighted by Gasteiger charge is -2.11. The molecule has 0 aliphatic rings. The second-order valence-corrected chi connectivity index (χ2v) is 6.85. The molecule has 150 valence electrons. The molecule has 29 heavy (non-hydrogen) atoms. The van der Waals surface area contributed by atoms with Crippen LogP contribution in [0.25, 0.3) is 0 Å². The van der Waals surface area contributed by atoms with Gasteiger partial charge in [-0.2, -0.15) is 0 Å². The first-order valence-electron chi connectivity index (χ1n) is 9.26. The van der Waals surface area contributed by atoms with Crippen LogP contribution in [0, 0.1) is 10.1 Å². The normalized spacial score (nSPS) is 10.5. The van der Waals surface area contributed by atoms with Gasteiger partial charge in [0.25, 0.3) is 5.69 Å². The molecule has 7 heteroatoms. The summed E-state index contributed by atoms with van der Waals surface area (Å²) in [6, 6.07) is 22.1. The molecule has 0 bridgehead atoms. The standard InChI is InChI=1S/C22H22ClN3O3/c23-21-14-18(6-11-22(21)29-16-17-4-2-1-3-5-17)15-24-12-13-25-19-7-9-20(10-8-19)26(27)28/h1-11,14,24-25H,12-13,15-16H2. The maximum Gasteiger partial charge on any atom is 0.269 e. The molecule has 6 nitrogen and oxygen atoms in total. The first-order valence-corrected chi connectivity index (χ1v) is 9.64. The van der Waals surface area contributed by atoms with Gasteiger partial charge >= 0.3 is 0 Å². The van der Waals surface area contributed by atoms with Crippen LogP contribution >= 0.6 is 11.6 Å². The smallest absolute Gasteiger partial charge is 0.269 e. The van der Waals surface area contributed by atoms with Gasteiger partial charge in [-0.1, -0.05) is 48.0 Å². The molecule has 3 rings (SSSR count). The fraction of sp³-hybridized carbons (Fsp3) is 0.182. The highest BCUT2D eigenvalue weighted by Gasteiger charge is 2.05. The fourth-order valence-electron chi connectivity index (χ4n) is 2.74. The molecule has 0 fully saturated rings. The zero-order valence-corrected chi connectivity index (χ0v) is 16.6. The van der Waals surface area contributed by atoms with E-state index in [2.05, 4.69) is 10.6 Å². The van der Waals surface area contributed by atoms with Crippen LogP contribution in [0.4, 0.5) is 11.4 Å². The molecule has 0 heterocycles. The van der Waals surface area contributed by atoms with E-state index in [9.17, 15) is 10.1 Å². The predicted molar refractivity (Wildman–Crippen MR) is 116 cm³/mol. The van der Waals surface area contributed by atoms with E-state index in [1.54, 1.807) is 12.1 Å². The van der Waals surface area contributed by atoms with E-state index in [0.29, 0.717) is 30.5 Å². The van der Waals surface area contributed by atoms with Gasteiger partial charge in [-0.3, -0.25) is 10.1 Å². The molecule has 0 saturated carbocycles. The van der Waals surface area contributed by atoms with Crippen molar-refractivity contribution >= 4 is 23.0 Å². The highest BCUT2D eigenvalue weighted by Crippen LogP contribution is 2.26. The van der Waals surface area contributed by atoms with Crippen molar-refractivity contribution in [3.8, 4) is 5.75 Å². The number of ether oxygens (including phenoxy) is 1. The minimum atomic E-state index is -0.408. The second kappa shape index (κ2) is 10.5. The Labute approximate surface area is 174 Å². The number of nitro benzene ring substituents is 1. The summed E-state index contributed by atoms with van der Waals surface area (Å²) in [5.74, 6) is 0.666. The van der Waals surface area contributed by atoms with Crippen LogP contribution < -0.4 is 15.4 Å². The van der Waals surface area contributed by atoms with Gasteiger partial charge in [0.15, 0.2) is 0 Å². The number of benzene rings is 3. The van der Waals surface area contributed by atoms with Crippen molar-refractivity contribution in [2.75, 3.05) is 18.4 Å². The lowest BCUT2D eigenvalue weighted by molar-refractivity contribution is -0.384. The van der Waals surface area contributed by atoms with Crippen LogP contribution in [0.2, 0.25) is 5.02 Å². The average Bonchev–Trinajstić information content (AvgIpc) is 2.74. The first kappa shape index (κ1) is 20.6. The largest absolute Gasteiger partial charge is 0.487 e. The molecule has 0 aliphatic heterocycles. The average molecular weight is 412 g/mol. The number of halogens is 1. The zero-order valence-electron chi connectivity index (χ0n) is 15.8. The van der Waals surface area contributed by atoms with E-state index in [1.165, 1.54) is 12.1 Å². The molecule has 0 aromatic heterocycles. The monoisotopic (exact) mass is 411 g/mol. The van der Waals surface area contributed by atoms with Gasteiger partial charge in [0.2, 0.25) is 0 Å². The van der Waals surface area contributed by atoms with Gasteiger partial charge in [0.05, 0.1) is 9.95 Å². The molecular weight excluding hydrogens is 390 g/mol. The lowest BCUT2D eigenvalue weighted by atomic mass is 10.2. The van der Waals surface area contributed by atoms with Gasteiger partial charge in [-0.05, 0) is 35.4 Å². The SMILES string of the molecule is O=[N+]([O-])c1ccc(NCCNCc2ccc(OCc3ccccc3)c(Cl)c2)cc1. The Bertz CT molecular complexity index is 934. The third-order valence-electron chi connectivity index (χ3n) is 4.27. The summed E-state index contributed by atoms with van der Waals surface area (Å²) < 4.78 is 5.79. The van der Waals surface area contributed by atoms with Gasteiger partial charge < -0.3 is 15.4 Å². The Morgan fingerprint density at radius 3 is 2.38 bits per heavy atom. The lowest BCUT2D eigenvalue weighted by Crippen LogP contribution is -2.21. The minimum Gasteiger partial charge on any atom is -0.487 e. The minimum absolute atomic E-state index is 0.0850. The molecule has 0 saturated heterocycles. The van der Waals surface area contributed by atoms with Gasteiger partial charge in [-0.25, -0.2) is 0 Å². The van der Waals surface area contributed by atoms with Gasteiger partial charge in [0, 0.05) is 37.5 Å². The maximum absolute atomic E-state index is 10.7. The van der Waals surface area contributed by atoms with Crippen molar-refractivity contribution in [1.82, 2.24) is 5.32 Å². The van der Waals surface area contributed by atoms with Crippen LogP contribution in [0.5, 0.6) is 5.75 Å². The molecule has 3 aromatic rings. The zero-order chi connectivity index (χ0) is 20.5. The van der Waals surface area contributed by atoms with E-state index < -0.39 is 4.92 Å². The summed E-state index contributed by atoms with van der Waals surface area (Å²) >= 11 is 6.34. The molecule has 0 unspecified atom stereocenters. The third-order valence-corrected chi connectivity index (χ3v) is 4.57. The highest BCUT2D eigenvalue weighted by molar-refractivity contribution is 6.32. The van der Waals surface area contributed by atoms with E-state index in [-0.39, 0.29) is 5.69 Å². The molecule has 0 amide bonds. The van der Waals surface area contributed by atoms with Crippen LogP contribution in [0.1, 0.15) is 11.1 Å². The molecule has 0 atom stereocenters. The molecule has 0 aliphatic carbocycles. The van der Waals surface area contributed by atoms with Crippen molar-refractivity contribution < 1.29 is 9.66 Å². The van der Waals surface area contributed by atoms with Crippen molar-refractivity contribution in [3.63, 3.8) is 0 Å². The Morgan fingerprint density at radius 1 is 0.931 bits per heavy atom. The van der Waals surface area contributed by atoms with E-state index in [0.717, 1.165) is 23.4 Å². The molecular formula is C22H22ClN3O3. The summed E-state index contributed by atoms with van der Waals surface area (Å²) in [6.45, 7) is 2.60. The number of anilines is 1. The quantitative estimate of drug-likeness (QED) is 0.278. The summed E-state index contributed by atoms with van der Waals surface area (Å²) in [4.78, 5) is 10.2. The second-order valence-electron chi connectivity index (χ2n) is 6.45. The number of hydrogen-bond acceptors (Lipinski definition) is 5. The van der Waals surface area contributed by atoms with Gasteiger partial charge in [0.1, 0.15) is 12.4 Å². The number of nitro groups is 1. The molecule has 0 radical (unpaired) electrons. The fourth-order valence-corrected chi connectivity index (χ4v) is 2.99. The predicted octanol–water partition coefficient (Wildman–Crippen LogP) is 5.03. The number of nitrogens with one attached hydrogen (secondary N) is 2.